The number of hydrogen-bond donors (Lipinski definition) is 1. The number of amides is 1. The Morgan fingerprint density at radius 3 is 2.55 bits per heavy atom. The Morgan fingerprint density at radius 1 is 1.14 bits per heavy atom. The van der Waals surface area contributed by atoms with Crippen LogP contribution in [0.15, 0.2) is 42.7 Å². The quantitative estimate of drug-likeness (QED) is 0.352. The molecular formula is C30H29F5N6O. The maximum absolute atomic E-state index is 14.2. The summed E-state index contributed by atoms with van der Waals surface area (Å²) in [5, 5.41) is 20.6. The van der Waals surface area contributed by atoms with Gasteiger partial charge in [0.15, 0.2) is 0 Å². The molecular weight excluding hydrogens is 555 g/mol. The third-order valence-electron chi connectivity index (χ3n) is 8.87. The number of alkyl halides is 5. The summed E-state index contributed by atoms with van der Waals surface area (Å²) in [6.45, 7) is 0.0733. The summed E-state index contributed by atoms with van der Waals surface area (Å²) >= 11 is 0. The summed E-state index contributed by atoms with van der Waals surface area (Å²) < 4.78 is 70.6. The molecule has 3 aliphatic rings. The van der Waals surface area contributed by atoms with Crippen LogP contribution in [0.25, 0.3) is 0 Å². The molecule has 0 atom stereocenters. The predicted molar refractivity (Wildman–Crippen MR) is 142 cm³/mol. The maximum atomic E-state index is 14.2. The van der Waals surface area contributed by atoms with Gasteiger partial charge in [0.05, 0.1) is 18.2 Å². The number of nitriles is 1. The lowest BCUT2D eigenvalue weighted by Crippen LogP contribution is -2.43. The lowest BCUT2D eigenvalue weighted by atomic mass is 9.57. The van der Waals surface area contributed by atoms with Crippen molar-refractivity contribution in [2.24, 2.45) is 18.9 Å². The van der Waals surface area contributed by atoms with Gasteiger partial charge in [-0.15, -0.1) is 10.2 Å². The molecule has 2 saturated carbocycles. The molecule has 3 aromatic rings. The van der Waals surface area contributed by atoms with Crippen LogP contribution in [0.2, 0.25) is 0 Å². The van der Waals surface area contributed by atoms with Gasteiger partial charge < -0.3 is 14.8 Å². The first-order valence-electron chi connectivity index (χ1n) is 13.8. The summed E-state index contributed by atoms with van der Waals surface area (Å²) in [4.78, 5) is 14.9. The minimum atomic E-state index is -4.67. The molecule has 2 fully saturated rings. The fourth-order valence-corrected chi connectivity index (χ4v) is 6.61. The van der Waals surface area contributed by atoms with Gasteiger partial charge in [-0.1, -0.05) is 12.1 Å². The molecule has 1 aliphatic heterocycles. The third-order valence-corrected chi connectivity index (χ3v) is 8.87. The van der Waals surface area contributed by atoms with Crippen molar-refractivity contribution >= 4 is 11.6 Å². The number of halogens is 5. The van der Waals surface area contributed by atoms with Gasteiger partial charge in [0.25, 0.3) is 5.91 Å². The van der Waals surface area contributed by atoms with Crippen LogP contribution in [0, 0.1) is 23.2 Å². The highest BCUT2D eigenvalue weighted by Crippen LogP contribution is 2.50. The first-order valence-corrected chi connectivity index (χ1v) is 13.8. The molecule has 0 bridgehead atoms. The summed E-state index contributed by atoms with van der Waals surface area (Å²) in [6, 6.07) is 12.1. The molecule has 1 N–H and O–H groups in total. The molecule has 0 saturated heterocycles. The van der Waals surface area contributed by atoms with E-state index < -0.39 is 29.0 Å². The van der Waals surface area contributed by atoms with Crippen molar-refractivity contribution in [3.63, 3.8) is 0 Å². The summed E-state index contributed by atoms with van der Waals surface area (Å²) in [5.74, 6) is -2.79. The highest BCUT2D eigenvalue weighted by Gasteiger charge is 2.47. The minimum Gasteiger partial charge on any atom is -0.321 e. The van der Waals surface area contributed by atoms with Crippen molar-refractivity contribution < 1.29 is 26.7 Å². The van der Waals surface area contributed by atoms with E-state index in [0.717, 1.165) is 17.5 Å². The van der Waals surface area contributed by atoms with Crippen molar-refractivity contribution in [2.45, 2.75) is 62.7 Å². The molecule has 2 heterocycles. The minimum absolute atomic E-state index is 0.0100. The molecule has 1 amide bonds. The van der Waals surface area contributed by atoms with Crippen LogP contribution in [0.4, 0.5) is 27.6 Å². The van der Waals surface area contributed by atoms with Gasteiger partial charge in [0.2, 0.25) is 5.92 Å². The molecule has 42 heavy (non-hydrogen) atoms. The zero-order chi connectivity index (χ0) is 29.9. The largest absolute Gasteiger partial charge is 0.416 e. The Labute approximate surface area is 239 Å². The third kappa shape index (κ3) is 5.15. The van der Waals surface area contributed by atoms with Gasteiger partial charge in [0.1, 0.15) is 12.2 Å². The fourth-order valence-electron chi connectivity index (χ4n) is 6.61. The fraction of sp³-hybridized carbons (Fsp3) is 0.467. The smallest absolute Gasteiger partial charge is 0.321 e. The van der Waals surface area contributed by atoms with Gasteiger partial charge >= 0.3 is 6.18 Å². The van der Waals surface area contributed by atoms with Gasteiger partial charge in [0, 0.05) is 55.4 Å². The topological polar surface area (TPSA) is 86.8 Å². The number of anilines is 1. The van der Waals surface area contributed by atoms with Crippen molar-refractivity contribution in [1.82, 2.24) is 20.1 Å². The van der Waals surface area contributed by atoms with Crippen LogP contribution in [-0.2, 0) is 38.1 Å². The Balaban J connectivity index is 1.26. The molecule has 2 aliphatic carbocycles. The molecule has 7 nitrogen and oxygen atoms in total. The van der Waals surface area contributed by atoms with Crippen molar-refractivity contribution in [1.29, 1.82) is 5.26 Å². The van der Waals surface area contributed by atoms with Crippen LogP contribution < -0.4 is 10.2 Å². The van der Waals surface area contributed by atoms with Crippen molar-refractivity contribution in [3.05, 3.63) is 76.4 Å². The first kappa shape index (κ1) is 28.3. The number of aromatic nitrogens is 3. The zero-order valence-corrected chi connectivity index (χ0v) is 22.9. The van der Waals surface area contributed by atoms with Crippen molar-refractivity contribution in [2.75, 3.05) is 11.4 Å². The number of aryl methyl sites for hydroxylation is 1. The number of rotatable bonds is 8. The second-order valence-corrected chi connectivity index (χ2v) is 11.9. The zero-order valence-electron chi connectivity index (χ0n) is 22.9. The van der Waals surface area contributed by atoms with E-state index in [4.69, 9.17) is 0 Å². The van der Waals surface area contributed by atoms with E-state index in [1.165, 1.54) is 11.0 Å². The Morgan fingerprint density at radius 2 is 1.90 bits per heavy atom. The van der Waals surface area contributed by atoms with Gasteiger partial charge in [-0.25, -0.2) is 8.78 Å². The van der Waals surface area contributed by atoms with Gasteiger partial charge in [-0.05, 0) is 66.3 Å². The first-order chi connectivity index (χ1) is 19.9. The SMILES string of the molecule is Cn1cnnc1CC1(c2cccc(N3Cc4c(cc(CNCC5CC(F)(F)C5)cc4C(F)(F)F)C3=O)c2)CC(C#N)C1. The van der Waals surface area contributed by atoms with Gasteiger partial charge in [-0.3, -0.25) is 4.79 Å². The standard InChI is InChI=1S/C30H29F5N6O/c1-40-17-38-39-26(40)12-28(8-19(9-28)13-36)21-3-2-4-22(7-21)41-16-24-23(27(41)42)5-18(6-25(24)30(33,34)35)14-37-15-20-10-29(31,32)11-20/h2-7,17,19-20,37H,8-12,14-16H2,1H3. The van der Waals surface area contributed by atoms with Crippen LogP contribution in [0.5, 0.6) is 0 Å². The van der Waals surface area contributed by atoms with E-state index in [-0.39, 0.29) is 61.0 Å². The maximum Gasteiger partial charge on any atom is 0.416 e. The molecule has 6 rings (SSSR count). The van der Waals surface area contributed by atoms with E-state index in [1.807, 2.05) is 23.7 Å². The number of benzene rings is 2. The summed E-state index contributed by atoms with van der Waals surface area (Å²) in [5.41, 5.74) is 0.273. The molecule has 2 aromatic carbocycles. The van der Waals surface area contributed by atoms with E-state index >= 15 is 0 Å². The van der Waals surface area contributed by atoms with Crippen LogP contribution in [-0.4, -0.2) is 33.1 Å². The monoisotopic (exact) mass is 584 g/mol. The lowest BCUT2D eigenvalue weighted by molar-refractivity contribution is -0.138. The average Bonchev–Trinajstić information content (AvgIpc) is 3.46. The summed E-state index contributed by atoms with van der Waals surface area (Å²) in [6.07, 6.45) is -1.81. The molecule has 0 radical (unpaired) electrons. The highest BCUT2D eigenvalue weighted by molar-refractivity contribution is 6.10. The lowest BCUT2D eigenvalue weighted by Gasteiger charge is -2.45. The molecule has 12 heteroatoms. The number of fused-ring (bicyclic) bond motifs is 1. The van der Waals surface area contributed by atoms with Crippen LogP contribution in [0.1, 0.15) is 64.1 Å². The number of hydrogen-bond acceptors (Lipinski definition) is 5. The predicted octanol–water partition coefficient (Wildman–Crippen LogP) is 5.54. The molecule has 0 spiro atoms. The molecule has 0 unspecified atom stereocenters. The number of nitrogens with one attached hydrogen (secondary N) is 1. The highest BCUT2D eigenvalue weighted by atomic mass is 19.4. The number of nitrogens with zero attached hydrogens (tertiary/aromatic N) is 5. The Hall–Kier alpha value is -3.85. The summed E-state index contributed by atoms with van der Waals surface area (Å²) in [7, 11) is 1.84. The Kier molecular flexibility index (Phi) is 6.84. The van der Waals surface area contributed by atoms with E-state index in [0.29, 0.717) is 24.9 Å². The Bertz CT molecular complexity index is 1560. The average molecular weight is 585 g/mol. The normalized spacial score (nSPS) is 23.3. The van der Waals surface area contributed by atoms with Crippen LogP contribution in [0.3, 0.4) is 0 Å². The molecule has 1 aromatic heterocycles. The van der Waals surface area contributed by atoms with E-state index in [9.17, 15) is 32.0 Å². The van der Waals surface area contributed by atoms with Gasteiger partial charge in [-0.2, -0.15) is 18.4 Å². The van der Waals surface area contributed by atoms with Crippen LogP contribution >= 0.6 is 0 Å². The van der Waals surface area contributed by atoms with E-state index in [2.05, 4.69) is 21.6 Å². The van der Waals surface area contributed by atoms with E-state index in [1.54, 1.807) is 18.5 Å². The second-order valence-electron chi connectivity index (χ2n) is 11.9. The number of carbonyl (C=O) groups is 1. The second kappa shape index (κ2) is 10.2. The number of carbonyl (C=O) groups excluding carboxylic acids is 1. The van der Waals surface area contributed by atoms with Crippen molar-refractivity contribution in [3.8, 4) is 6.07 Å². The molecule has 220 valence electrons.